The maximum atomic E-state index is 11.0. The van der Waals surface area contributed by atoms with Gasteiger partial charge in [-0.05, 0) is 45.1 Å². The zero-order valence-corrected chi connectivity index (χ0v) is 15.0. The molecule has 23 heavy (non-hydrogen) atoms. The average molecular weight is 322 g/mol. The molecule has 0 aromatic carbocycles. The highest BCUT2D eigenvalue weighted by atomic mass is 16.4. The molecule has 0 heterocycles. The molecular formula is C20H35NO2. The molecule has 0 rings (SSSR count). The number of hydrogen-bond donors (Lipinski definition) is 2. The van der Waals surface area contributed by atoms with Gasteiger partial charge in [0.2, 0.25) is 0 Å². The molecule has 0 bridgehead atoms. The molecule has 0 aliphatic heterocycles. The van der Waals surface area contributed by atoms with Gasteiger partial charge >= 0.3 is 5.97 Å². The number of likely N-dealkylation sites (N-methyl/N-ethyl adjacent to an activating group) is 1. The van der Waals surface area contributed by atoms with Crippen molar-refractivity contribution in [2.24, 2.45) is 0 Å². The second-order valence-corrected chi connectivity index (χ2v) is 5.73. The molecule has 1 atom stereocenters. The first-order valence-corrected chi connectivity index (χ1v) is 9.13. The number of hydrogen-bond acceptors (Lipinski definition) is 2. The second-order valence-electron chi connectivity index (χ2n) is 5.73. The molecule has 0 amide bonds. The Morgan fingerprint density at radius 1 is 0.913 bits per heavy atom. The van der Waals surface area contributed by atoms with E-state index in [4.69, 9.17) is 5.11 Å². The van der Waals surface area contributed by atoms with Crippen molar-refractivity contribution < 1.29 is 9.90 Å². The molecule has 0 aromatic rings. The van der Waals surface area contributed by atoms with E-state index in [0.717, 1.165) is 44.9 Å². The third-order valence-corrected chi connectivity index (χ3v) is 3.64. The van der Waals surface area contributed by atoms with E-state index in [1.54, 1.807) is 0 Å². The molecule has 0 aliphatic rings. The minimum Gasteiger partial charge on any atom is -0.480 e. The lowest BCUT2D eigenvalue weighted by atomic mass is 10.1. The summed E-state index contributed by atoms with van der Waals surface area (Å²) in [5, 5.41) is 12.0. The molecule has 0 aromatic heterocycles. The van der Waals surface area contributed by atoms with Crippen molar-refractivity contribution in [2.45, 2.75) is 77.7 Å². The summed E-state index contributed by atoms with van der Waals surface area (Å²) < 4.78 is 0. The van der Waals surface area contributed by atoms with Gasteiger partial charge in [0.1, 0.15) is 6.04 Å². The first-order chi connectivity index (χ1) is 11.2. The van der Waals surface area contributed by atoms with Crippen LogP contribution in [-0.2, 0) is 4.79 Å². The Bertz CT molecular complexity index is 359. The van der Waals surface area contributed by atoms with E-state index in [1.165, 1.54) is 12.8 Å². The zero-order valence-electron chi connectivity index (χ0n) is 15.0. The van der Waals surface area contributed by atoms with Crippen LogP contribution in [0.4, 0.5) is 0 Å². The molecule has 0 saturated heterocycles. The minimum absolute atomic E-state index is 0.376. The topological polar surface area (TPSA) is 49.3 Å². The van der Waals surface area contributed by atoms with Crippen molar-refractivity contribution in [1.82, 2.24) is 5.32 Å². The summed E-state index contributed by atoms with van der Waals surface area (Å²) in [6.45, 7) is 4.81. The quantitative estimate of drug-likeness (QED) is 0.320. The van der Waals surface area contributed by atoms with E-state index in [2.05, 4.69) is 48.7 Å². The molecule has 2 N–H and O–H groups in total. The van der Waals surface area contributed by atoms with Crippen LogP contribution < -0.4 is 5.32 Å². The Labute approximate surface area is 142 Å². The van der Waals surface area contributed by atoms with Crippen LogP contribution in [0.2, 0.25) is 0 Å². The molecule has 0 fully saturated rings. The molecule has 0 saturated carbocycles. The van der Waals surface area contributed by atoms with Crippen molar-refractivity contribution in [3.05, 3.63) is 36.5 Å². The molecule has 0 spiro atoms. The SMILES string of the molecule is CCC=CCC=CCC=CCCCCCCC(NCC)C(=O)O. The van der Waals surface area contributed by atoms with Gasteiger partial charge in [0.05, 0.1) is 0 Å². The van der Waals surface area contributed by atoms with Crippen LogP contribution in [0.1, 0.15) is 71.6 Å². The average Bonchev–Trinajstić information content (AvgIpc) is 2.54. The lowest BCUT2D eigenvalue weighted by Gasteiger charge is -2.12. The van der Waals surface area contributed by atoms with Crippen LogP contribution in [0.25, 0.3) is 0 Å². The van der Waals surface area contributed by atoms with Crippen LogP contribution >= 0.6 is 0 Å². The van der Waals surface area contributed by atoms with Gasteiger partial charge in [0, 0.05) is 0 Å². The number of allylic oxidation sites excluding steroid dienone is 6. The molecule has 3 heteroatoms. The molecule has 3 nitrogen and oxygen atoms in total. The van der Waals surface area contributed by atoms with Gasteiger partial charge in [-0.1, -0.05) is 69.6 Å². The smallest absolute Gasteiger partial charge is 0.320 e. The third-order valence-electron chi connectivity index (χ3n) is 3.64. The minimum atomic E-state index is -0.729. The number of carboxylic acids is 1. The maximum Gasteiger partial charge on any atom is 0.320 e. The Morgan fingerprint density at radius 2 is 1.52 bits per heavy atom. The molecule has 0 aliphatic carbocycles. The van der Waals surface area contributed by atoms with Crippen molar-refractivity contribution in [2.75, 3.05) is 6.54 Å². The lowest BCUT2D eigenvalue weighted by Crippen LogP contribution is -2.36. The number of unbranched alkanes of at least 4 members (excludes halogenated alkanes) is 4. The summed E-state index contributed by atoms with van der Waals surface area (Å²) in [6.07, 6.45) is 22.8. The van der Waals surface area contributed by atoms with Crippen LogP contribution in [0, 0.1) is 0 Å². The van der Waals surface area contributed by atoms with Gasteiger partial charge < -0.3 is 10.4 Å². The second kappa shape index (κ2) is 17.0. The Hall–Kier alpha value is -1.35. The molecule has 0 radical (unpaired) electrons. The summed E-state index contributed by atoms with van der Waals surface area (Å²) in [5.41, 5.74) is 0. The number of nitrogens with one attached hydrogen (secondary N) is 1. The fraction of sp³-hybridized carbons (Fsp3) is 0.650. The Morgan fingerprint density at radius 3 is 2.13 bits per heavy atom. The van der Waals surface area contributed by atoms with Gasteiger partial charge in [-0.15, -0.1) is 0 Å². The van der Waals surface area contributed by atoms with E-state index >= 15 is 0 Å². The van der Waals surface area contributed by atoms with Crippen LogP contribution in [-0.4, -0.2) is 23.7 Å². The number of rotatable bonds is 15. The Kier molecular flexibility index (Phi) is 16.0. The Balaban J connectivity index is 3.46. The highest BCUT2D eigenvalue weighted by molar-refractivity contribution is 5.73. The third kappa shape index (κ3) is 15.3. The molecule has 132 valence electrons. The largest absolute Gasteiger partial charge is 0.480 e. The van der Waals surface area contributed by atoms with Gasteiger partial charge in [-0.25, -0.2) is 0 Å². The summed E-state index contributed by atoms with van der Waals surface area (Å²) in [6, 6.07) is -0.376. The van der Waals surface area contributed by atoms with Crippen LogP contribution in [0.3, 0.4) is 0 Å². The summed E-state index contributed by atoms with van der Waals surface area (Å²) in [7, 11) is 0. The highest BCUT2D eigenvalue weighted by Crippen LogP contribution is 2.08. The van der Waals surface area contributed by atoms with E-state index < -0.39 is 5.97 Å². The van der Waals surface area contributed by atoms with Crippen molar-refractivity contribution in [3.8, 4) is 0 Å². The standard InChI is InChI=1S/C20H35NO2/c1-3-5-6-7-8-9-10-11-12-13-14-15-16-17-18-19(20(22)23)21-4-2/h5-6,8-9,11-12,19,21H,3-4,7,10,13-18H2,1-2H3,(H,22,23). The molecular weight excluding hydrogens is 286 g/mol. The monoisotopic (exact) mass is 321 g/mol. The molecule has 1 unspecified atom stereocenters. The van der Waals surface area contributed by atoms with E-state index in [-0.39, 0.29) is 6.04 Å². The normalized spacial score (nSPS) is 13.5. The van der Waals surface area contributed by atoms with Gasteiger partial charge in [-0.2, -0.15) is 0 Å². The van der Waals surface area contributed by atoms with Crippen molar-refractivity contribution >= 4 is 5.97 Å². The number of aliphatic carboxylic acids is 1. The van der Waals surface area contributed by atoms with Crippen molar-refractivity contribution in [1.29, 1.82) is 0 Å². The summed E-state index contributed by atoms with van der Waals surface area (Å²) in [5.74, 6) is -0.729. The number of carboxylic acid groups (broad SMARTS) is 1. The van der Waals surface area contributed by atoms with Crippen LogP contribution in [0.15, 0.2) is 36.5 Å². The van der Waals surface area contributed by atoms with E-state index in [1.807, 2.05) is 6.92 Å². The zero-order chi connectivity index (χ0) is 17.2. The lowest BCUT2D eigenvalue weighted by molar-refractivity contribution is -0.139. The fourth-order valence-electron chi connectivity index (χ4n) is 2.35. The van der Waals surface area contributed by atoms with Gasteiger partial charge in [-0.3, -0.25) is 4.79 Å². The van der Waals surface area contributed by atoms with Gasteiger partial charge in [0.25, 0.3) is 0 Å². The van der Waals surface area contributed by atoms with E-state index in [9.17, 15) is 4.79 Å². The fourth-order valence-corrected chi connectivity index (χ4v) is 2.35. The van der Waals surface area contributed by atoms with Crippen LogP contribution in [0.5, 0.6) is 0 Å². The maximum absolute atomic E-state index is 11.0. The summed E-state index contributed by atoms with van der Waals surface area (Å²) >= 11 is 0. The predicted octanol–water partition coefficient (Wildman–Crippen LogP) is 5.25. The first-order valence-electron chi connectivity index (χ1n) is 9.13. The predicted molar refractivity (Wildman–Crippen MR) is 99.7 cm³/mol. The summed E-state index contributed by atoms with van der Waals surface area (Å²) in [4.78, 5) is 11.0. The van der Waals surface area contributed by atoms with Gasteiger partial charge in [0.15, 0.2) is 0 Å². The van der Waals surface area contributed by atoms with Crippen molar-refractivity contribution in [3.63, 3.8) is 0 Å². The number of carbonyl (C=O) groups is 1. The first kappa shape index (κ1) is 21.6. The van der Waals surface area contributed by atoms with E-state index in [0.29, 0.717) is 6.54 Å². The highest BCUT2D eigenvalue weighted by Gasteiger charge is 2.14.